The lowest BCUT2D eigenvalue weighted by atomic mass is 9.92. The number of hydrogen-bond acceptors (Lipinski definition) is 6. The topological polar surface area (TPSA) is 89.2 Å². The molecule has 1 fully saturated rings. The van der Waals surface area contributed by atoms with Crippen molar-refractivity contribution >= 4 is 39.2 Å². The molecule has 1 aliphatic rings. The number of rotatable bonds is 2. The van der Waals surface area contributed by atoms with Gasteiger partial charge in [-0.05, 0) is 11.4 Å². The van der Waals surface area contributed by atoms with E-state index in [1.807, 2.05) is 11.4 Å². The monoisotopic (exact) mass is 290 g/mol. The van der Waals surface area contributed by atoms with Crippen LogP contribution in [-0.2, 0) is 16.1 Å². The Bertz CT molecular complexity index is 722. The number of carbonyl (C=O) groups excluding carboxylic acids is 2. The predicted octanol–water partition coefficient (Wildman–Crippen LogP) is 1.56. The molecule has 7 heteroatoms. The fourth-order valence-corrected chi connectivity index (χ4v) is 3.11. The minimum atomic E-state index is -0.643. The summed E-state index contributed by atoms with van der Waals surface area (Å²) in [5.74, 6) is 0.408. The van der Waals surface area contributed by atoms with E-state index >= 15 is 0 Å². The van der Waals surface area contributed by atoms with Gasteiger partial charge >= 0.3 is 0 Å². The van der Waals surface area contributed by atoms with Crippen molar-refractivity contribution < 1.29 is 9.59 Å². The van der Waals surface area contributed by atoms with Gasteiger partial charge in [0.1, 0.15) is 10.6 Å². The molecule has 3 rings (SSSR count). The summed E-state index contributed by atoms with van der Waals surface area (Å²) in [4.78, 5) is 34.6. The molecule has 0 spiro atoms. The SMILES string of the molecule is CC1(C)CC(=O)N(Cc2nc(N)c3ccsc3n2)C1=O. The van der Waals surface area contributed by atoms with Crippen molar-refractivity contribution in [2.75, 3.05) is 5.73 Å². The molecule has 0 aliphatic carbocycles. The van der Waals surface area contributed by atoms with Crippen LogP contribution in [0.4, 0.5) is 5.82 Å². The van der Waals surface area contributed by atoms with Crippen molar-refractivity contribution in [3.8, 4) is 0 Å². The lowest BCUT2D eigenvalue weighted by Crippen LogP contribution is -2.33. The van der Waals surface area contributed by atoms with Crippen molar-refractivity contribution in [3.63, 3.8) is 0 Å². The number of nitrogens with two attached hydrogens (primary N) is 1. The summed E-state index contributed by atoms with van der Waals surface area (Å²) in [6, 6.07) is 1.86. The number of anilines is 1. The highest BCUT2D eigenvalue weighted by Gasteiger charge is 2.44. The van der Waals surface area contributed by atoms with Crippen LogP contribution in [0.2, 0.25) is 0 Å². The third-order valence-corrected chi connectivity index (χ3v) is 4.23. The second kappa shape index (κ2) is 4.24. The first-order valence-corrected chi connectivity index (χ1v) is 7.11. The lowest BCUT2D eigenvalue weighted by Gasteiger charge is -2.17. The molecule has 0 atom stereocenters. The maximum atomic E-state index is 12.2. The summed E-state index contributed by atoms with van der Waals surface area (Å²) in [5.41, 5.74) is 5.22. The summed E-state index contributed by atoms with van der Waals surface area (Å²) >= 11 is 1.46. The van der Waals surface area contributed by atoms with E-state index in [9.17, 15) is 9.59 Å². The average molecular weight is 290 g/mol. The molecule has 2 amide bonds. The van der Waals surface area contributed by atoms with E-state index in [1.165, 1.54) is 16.2 Å². The molecular weight excluding hydrogens is 276 g/mol. The second-order valence-corrected chi connectivity index (χ2v) is 6.40. The summed E-state index contributed by atoms with van der Waals surface area (Å²) in [6.07, 6.45) is 0.225. The molecule has 2 aromatic rings. The molecule has 1 aliphatic heterocycles. The maximum absolute atomic E-state index is 12.2. The number of fused-ring (bicyclic) bond motifs is 1. The molecular formula is C13H14N4O2S. The minimum Gasteiger partial charge on any atom is -0.383 e. The van der Waals surface area contributed by atoms with Crippen molar-refractivity contribution in [1.29, 1.82) is 0 Å². The van der Waals surface area contributed by atoms with Gasteiger partial charge in [-0.15, -0.1) is 11.3 Å². The Kier molecular flexibility index (Phi) is 2.75. The van der Waals surface area contributed by atoms with Crippen LogP contribution in [0.15, 0.2) is 11.4 Å². The van der Waals surface area contributed by atoms with Crippen molar-refractivity contribution in [3.05, 3.63) is 17.3 Å². The Balaban J connectivity index is 1.93. The quantitative estimate of drug-likeness (QED) is 0.848. The zero-order chi connectivity index (χ0) is 14.5. The molecule has 0 aromatic carbocycles. The van der Waals surface area contributed by atoms with E-state index in [4.69, 9.17) is 5.73 Å². The van der Waals surface area contributed by atoms with Crippen LogP contribution in [0, 0.1) is 5.41 Å². The standard InChI is InChI=1S/C13H14N4O2S/c1-13(2)5-9(18)17(12(13)19)6-8-15-10(14)7-3-4-20-11(7)16-8/h3-4H,5-6H2,1-2H3,(H2,14,15,16). The lowest BCUT2D eigenvalue weighted by molar-refractivity contribution is -0.141. The van der Waals surface area contributed by atoms with E-state index in [2.05, 4.69) is 9.97 Å². The van der Waals surface area contributed by atoms with Crippen LogP contribution in [-0.4, -0.2) is 26.7 Å². The largest absolute Gasteiger partial charge is 0.383 e. The Morgan fingerprint density at radius 2 is 2.15 bits per heavy atom. The van der Waals surface area contributed by atoms with Crippen molar-refractivity contribution in [2.24, 2.45) is 5.41 Å². The molecule has 0 saturated carbocycles. The van der Waals surface area contributed by atoms with Gasteiger partial charge in [-0.3, -0.25) is 14.5 Å². The number of carbonyl (C=O) groups is 2. The Labute approximate surface area is 119 Å². The summed E-state index contributed by atoms with van der Waals surface area (Å²) in [7, 11) is 0. The van der Waals surface area contributed by atoms with Gasteiger partial charge in [0.25, 0.3) is 0 Å². The second-order valence-electron chi connectivity index (χ2n) is 5.51. The van der Waals surface area contributed by atoms with Crippen LogP contribution in [0.3, 0.4) is 0 Å². The zero-order valence-corrected chi connectivity index (χ0v) is 12.0. The van der Waals surface area contributed by atoms with Crippen molar-refractivity contribution in [1.82, 2.24) is 14.9 Å². The highest BCUT2D eigenvalue weighted by molar-refractivity contribution is 7.16. The predicted molar refractivity (Wildman–Crippen MR) is 75.8 cm³/mol. The maximum Gasteiger partial charge on any atom is 0.235 e. The van der Waals surface area contributed by atoms with Gasteiger partial charge in [0, 0.05) is 6.42 Å². The van der Waals surface area contributed by atoms with E-state index in [0.717, 1.165) is 10.2 Å². The number of aromatic nitrogens is 2. The van der Waals surface area contributed by atoms with Crippen molar-refractivity contribution in [2.45, 2.75) is 26.8 Å². The normalized spacial score (nSPS) is 18.2. The van der Waals surface area contributed by atoms with Gasteiger partial charge in [-0.25, -0.2) is 9.97 Å². The van der Waals surface area contributed by atoms with E-state index in [0.29, 0.717) is 11.6 Å². The molecule has 0 radical (unpaired) electrons. The molecule has 104 valence electrons. The molecule has 1 saturated heterocycles. The van der Waals surface area contributed by atoms with Gasteiger partial charge in [0.2, 0.25) is 11.8 Å². The van der Waals surface area contributed by atoms with Gasteiger partial charge in [0.15, 0.2) is 5.82 Å². The molecule has 6 nitrogen and oxygen atoms in total. The first-order valence-electron chi connectivity index (χ1n) is 6.23. The Hall–Kier alpha value is -2.02. The summed E-state index contributed by atoms with van der Waals surface area (Å²) < 4.78 is 0. The van der Waals surface area contributed by atoms with Crippen LogP contribution < -0.4 is 5.73 Å². The molecule has 0 unspecified atom stereocenters. The number of nitrogens with zero attached hydrogens (tertiary/aromatic N) is 3. The third kappa shape index (κ3) is 1.94. The molecule has 0 bridgehead atoms. The summed E-state index contributed by atoms with van der Waals surface area (Å²) in [5, 5.41) is 2.69. The fourth-order valence-electron chi connectivity index (χ4n) is 2.32. The van der Waals surface area contributed by atoms with Gasteiger partial charge in [-0.1, -0.05) is 13.8 Å². The average Bonchev–Trinajstić information content (AvgIpc) is 2.89. The number of thiophene rings is 1. The van der Waals surface area contributed by atoms with Gasteiger partial charge < -0.3 is 5.73 Å². The molecule has 20 heavy (non-hydrogen) atoms. The minimum absolute atomic E-state index is 0.0825. The van der Waals surface area contributed by atoms with E-state index in [-0.39, 0.29) is 24.8 Å². The zero-order valence-electron chi connectivity index (χ0n) is 11.2. The number of imide groups is 1. The number of nitrogen functional groups attached to an aromatic ring is 1. The van der Waals surface area contributed by atoms with Gasteiger partial charge in [-0.2, -0.15) is 0 Å². The fraction of sp³-hybridized carbons (Fsp3) is 0.385. The number of likely N-dealkylation sites (tertiary alicyclic amines) is 1. The van der Waals surface area contributed by atoms with Crippen LogP contribution >= 0.6 is 11.3 Å². The highest BCUT2D eigenvalue weighted by atomic mass is 32.1. The first kappa shape index (κ1) is 13.0. The van der Waals surface area contributed by atoms with Gasteiger partial charge in [0.05, 0.1) is 17.3 Å². The summed E-state index contributed by atoms with van der Waals surface area (Å²) in [6.45, 7) is 3.62. The van der Waals surface area contributed by atoms with E-state index in [1.54, 1.807) is 13.8 Å². The third-order valence-electron chi connectivity index (χ3n) is 3.42. The number of amides is 2. The number of hydrogen-bond donors (Lipinski definition) is 1. The van der Waals surface area contributed by atoms with Crippen LogP contribution in [0.1, 0.15) is 26.1 Å². The first-order chi connectivity index (χ1) is 9.38. The Morgan fingerprint density at radius 3 is 2.80 bits per heavy atom. The molecule has 3 heterocycles. The smallest absolute Gasteiger partial charge is 0.235 e. The van der Waals surface area contributed by atoms with E-state index < -0.39 is 5.41 Å². The molecule has 2 N–H and O–H groups in total. The molecule has 2 aromatic heterocycles. The van der Waals surface area contributed by atoms with Crippen LogP contribution in [0.5, 0.6) is 0 Å². The van der Waals surface area contributed by atoms with Crippen LogP contribution in [0.25, 0.3) is 10.2 Å². The highest BCUT2D eigenvalue weighted by Crippen LogP contribution is 2.32. The Morgan fingerprint density at radius 1 is 1.40 bits per heavy atom.